The third-order valence-corrected chi connectivity index (χ3v) is 2.03. The number of rotatable bonds is 3. The predicted octanol–water partition coefficient (Wildman–Crippen LogP) is 1.99. The lowest BCUT2D eigenvalue weighted by atomic mass is 10.1. The first-order chi connectivity index (χ1) is 6.19. The quantitative estimate of drug-likeness (QED) is 0.816. The molecular weight excluding hydrogens is 193 g/mol. The average molecular weight is 204 g/mol. The first kappa shape index (κ1) is 10.3. The summed E-state index contributed by atoms with van der Waals surface area (Å²) in [5, 5.41) is 0.410. The molecule has 2 nitrogen and oxygen atoms in total. The largest absolute Gasteiger partial charge is 0.495 e. The van der Waals surface area contributed by atoms with Crippen molar-refractivity contribution in [2.45, 2.75) is 6.42 Å². The van der Waals surface area contributed by atoms with Gasteiger partial charge >= 0.3 is 0 Å². The topological polar surface area (TPSA) is 35.2 Å². The van der Waals surface area contributed by atoms with Gasteiger partial charge in [-0.25, -0.2) is 4.39 Å². The molecule has 4 heteroatoms. The molecule has 2 N–H and O–H groups in total. The molecule has 0 atom stereocenters. The molecule has 0 bridgehead atoms. The number of hydrogen-bond acceptors (Lipinski definition) is 2. The summed E-state index contributed by atoms with van der Waals surface area (Å²) >= 11 is 5.80. The Kier molecular flexibility index (Phi) is 3.51. The number of benzene rings is 1. The van der Waals surface area contributed by atoms with Crippen molar-refractivity contribution in [1.82, 2.24) is 0 Å². The molecule has 0 aliphatic heterocycles. The predicted molar refractivity (Wildman–Crippen MR) is 50.7 cm³/mol. The van der Waals surface area contributed by atoms with Gasteiger partial charge in [0.1, 0.15) is 11.6 Å². The summed E-state index contributed by atoms with van der Waals surface area (Å²) in [5.41, 5.74) is 5.83. The van der Waals surface area contributed by atoms with Crippen LogP contribution in [0.3, 0.4) is 0 Å². The number of nitrogens with two attached hydrogens (primary N) is 1. The van der Waals surface area contributed by atoms with Crippen molar-refractivity contribution < 1.29 is 9.13 Å². The van der Waals surface area contributed by atoms with Crippen LogP contribution in [0.5, 0.6) is 5.75 Å². The van der Waals surface area contributed by atoms with Crippen molar-refractivity contribution >= 4 is 11.6 Å². The summed E-state index contributed by atoms with van der Waals surface area (Å²) < 4.78 is 18.1. The molecule has 1 aromatic rings. The summed E-state index contributed by atoms with van der Waals surface area (Å²) in [6.07, 6.45) is 0.482. The monoisotopic (exact) mass is 203 g/mol. The Bertz CT molecular complexity index is 304. The zero-order valence-electron chi connectivity index (χ0n) is 7.31. The molecule has 0 unspecified atom stereocenters. The average Bonchev–Trinajstić information content (AvgIpc) is 2.11. The Morgan fingerprint density at radius 2 is 2.23 bits per heavy atom. The zero-order chi connectivity index (χ0) is 9.84. The van der Waals surface area contributed by atoms with E-state index in [1.165, 1.54) is 13.2 Å². The fourth-order valence-corrected chi connectivity index (χ4v) is 1.34. The molecular formula is C9H11ClFNO. The van der Waals surface area contributed by atoms with Crippen molar-refractivity contribution in [2.75, 3.05) is 13.7 Å². The van der Waals surface area contributed by atoms with Gasteiger partial charge in [0.15, 0.2) is 0 Å². The first-order valence-electron chi connectivity index (χ1n) is 3.91. The van der Waals surface area contributed by atoms with E-state index in [0.717, 1.165) is 0 Å². The van der Waals surface area contributed by atoms with Crippen LogP contribution >= 0.6 is 11.6 Å². The third-order valence-electron chi connectivity index (χ3n) is 1.73. The van der Waals surface area contributed by atoms with Gasteiger partial charge in [-0.2, -0.15) is 0 Å². The summed E-state index contributed by atoms with van der Waals surface area (Å²) in [5.74, 6) is 0.0200. The molecule has 0 saturated carbocycles. The molecule has 0 amide bonds. The zero-order valence-corrected chi connectivity index (χ0v) is 8.07. The van der Waals surface area contributed by atoms with Crippen LogP contribution in [0.1, 0.15) is 5.56 Å². The van der Waals surface area contributed by atoms with Gasteiger partial charge in [0.25, 0.3) is 0 Å². The summed E-state index contributed by atoms with van der Waals surface area (Å²) in [4.78, 5) is 0. The minimum absolute atomic E-state index is 0.327. The molecule has 1 rings (SSSR count). The smallest absolute Gasteiger partial charge is 0.140 e. The lowest BCUT2D eigenvalue weighted by Crippen LogP contribution is -2.04. The second-order valence-electron chi connectivity index (χ2n) is 2.62. The van der Waals surface area contributed by atoms with Gasteiger partial charge in [-0.3, -0.25) is 0 Å². The van der Waals surface area contributed by atoms with E-state index >= 15 is 0 Å². The number of halogens is 2. The van der Waals surface area contributed by atoms with Crippen LogP contribution in [0.2, 0.25) is 5.02 Å². The first-order valence-corrected chi connectivity index (χ1v) is 4.28. The molecule has 0 heterocycles. The van der Waals surface area contributed by atoms with E-state index in [1.54, 1.807) is 6.07 Å². The summed E-state index contributed by atoms with van der Waals surface area (Å²) in [6, 6.07) is 2.82. The Labute approximate surface area is 81.4 Å². The molecule has 0 aromatic heterocycles. The van der Waals surface area contributed by atoms with E-state index in [2.05, 4.69) is 0 Å². The normalized spacial score (nSPS) is 10.2. The molecule has 0 saturated heterocycles. The maximum absolute atomic E-state index is 13.2. The van der Waals surface area contributed by atoms with Crippen molar-refractivity contribution in [3.8, 4) is 5.75 Å². The minimum Gasteiger partial charge on any atom is -0.495 e. The van der Waals surface area contributed by atoms with E-state index in [0.29, 0.717) is 29.3 Å². The Morgan fingerprint density at radius 1 is 1.54 bits per heavy atom. The maximum atomic E-state index is 13.2. The van der Waals surface area contributed by atoms with Gasteiger partial charge in [0.05, 0.1) is 12.1 Å². The van der Waals surface area contributed by atoms with E-state index < -0.39 is 0 Å². The maximum Gasteiger partial charge on any atom is 0.140 e. The van der Waals surface area contributed by atoms with Crippen LogP contribution in [0.15, 0.2) is 12.1 Å². The van der Waals surface area contributed by atoms with E-state index in [9.17, 15) is 4.39 Å². The molecule has 0 aliphatic rings. The lowest BCUT2D eigenvalue weighted by molar-refractivity contribution is 0.411. The highest BCUT2D eigenvalue weighted by Crippen LogP contribution is 2.27. The Hall–Kier alpha value is -0.800. The Morgan fingerprint density at radius 3 is 2.77 bits per heavy atom. The van der Waals surface area contributed by atoms with Crippen LogP contribution < -0.4 is 10.5 Å². The van der Waals surface area contributed by atoms with Crippen molar-refractivity contribution in [1.29, 1.82) is 0 Å². The molecule has 0 fully saturated rings. The third kappa shape index (κ3) is 2.32. The number of ether oxygens (including phenoxy) is 1. The molecule has 1 aromatic carbocycles. The fraction of sp³-hybridized carbons (Fsp3) is 0.333. The van der Waals surface area contributed by atoms with E-state index in [4.69, 9.17) is 22.1 Å². The highest BCUT2D eigenvalue weighted by molar-refractivity contribution is 6.32. The van der Waals surface area contributed by atoms with E-state index in [1.807, 2.05) is 0 Å². The molecule has 13 heavy (non-hydrogen) atoms. The van der Waals surface area contributed by atoms with Gasteiger partial charge in [-0.1, -0.05) is 11.6 Å². The van der Waals surface area contributed by atoms with Gasteiger partial charge < -0.3 is 10.5 Å². The van der Waals surface area contributed by atoms with Gasteiger partial charge in [-0.05, 0) is 24.6 Å². The summed E-state index contributed by atoms with van der Waals surface area (Å²) in [7, 11) is 1.45. The van der Waals surface area contributed by atoms with Crippen LogP contribution in [0.4, 0.5) is 4.39 Å². The van der Waals surface area contributed by atoms with E-state index in [-0.39, 0.29) is 5.82 Å². The van der Waals surface area contributed by atoms with Gasteiger partial charge in [0, 0.05) is 6.07 Å². The molecule has 0 radical (unpaired) electrons. The summed E-state index contributed by atoms with van der Waals surface area (Å²) in [6.45, 7) is 0.402. The lowest BCUT2D eigenvalue weighted by Gasteiger charge is -2.06. The second kappa shape index (κ2) is 4.44. The van der Waals surface area contributed by atoms with Gasteiger partial charge in [0.2, 0.25) is 0 Å². The van der Waals surface area contributed by atoms with Crippen molar-refractivity contribution in [2.24, 2.45) is 5.73 Å². The standard InChI is InChI=1S/C9H11ClFNO/c1-13-9-5-8(11)6(2-3-12)4-7(9)10/h4-5H,2-3,12H2,1H3. The highest BCUT2D eigenvalue weighted by atomic mass is 35.5. The molecule has 72 valence electrons. The molecule has 0 spiro atoms. The number of hydrogen-bond donors (Lipinski definition) is 1. The minimum atomic E-state index is -0.327. The number of methoxy groups -OCH3 is 1. The van der Waals surface area contributed by atoms with Crippen LogP contribution in [-0.4, -0.2) is 13.7 Å². The Balaban J connectivity index is 3.05. The van der Waals surface area contributed by atoms with Crippen LogP contribution in [-0.2, 0) is 6.42 Å². The fourth-order valence-electron chi connectivity index (χ4n) is 1.07. The van der Waals surface area contributed by atoms with Crippen molar-refractivity contribution in [3.63, 3.8) is 0 Å². The SMILES string of the molecule is COc1cc(F)c(CCN)cc1Cl. The van der Waals surface area contributed by atoms with Crippen LogP contribution in [0, 0.1) is 5.82 Å². The highest BCUT2D eigenvalue weighted by Gasteiger charge is 2.07. The second-order valence-corrected chi connectivity index (χ2v) is 3.02. The van der Waals surface area contributed by atoms with Crippen molar-refractivity contribution in [3.05, 3.63) is 28.5 Å². The van der Waals surface area contributed by atoms with Gasteiger partial charge in [-0.15, -0.1) is 0 Å². The van der Waals surface area contributed by atoms with Crippen LogP contribution in [0.25, 0.3) is 0 Å². The molecule has 0 aliphatic carbocycles.